The number of aryl methyl sites for hydroxylation is 1. The monoisotopic (exact) mass is 394 g/mol. The maximum absolute atomic E-state index is 10.3. The van der Waals surface area contributed by atoms with Crippen molar-refractivity contribution in [2.24, 2.45) is 0 Å². The van der Waals surface area contributed by atoms with E-state index in [9.17, 15) is 5.11 Å². The first-order chi connectivity index (χ1) is 7.99. The highest BCUT2D eigenvalue weighted by atomic mass is 79.9. The van der Waals surface area contributed by atoms with Gasteiger partial charge in [-0.05, 0) is 68.1 Å². The molecule has 1 aromatic heterocycles. The van der Waals surface area contributed by atoms with Crippen LogP contribution < -0.4 is 0 Å². The fraction of sp³-hybridized carbons (Fsp3) is 0.167. The highest BCUT2D eigenvalue weighted by molar-refractivity contribution is 9.11. The van der Waals surface area contributed by atoms with E-state index in [1.54, 1.807) is 6.07 Å². The molecule has 1 nitrogen and oxygen atoms in total. The van der Waals surface area contributed by atoms with Crippen LogP contribution in [0.5, 0.6) is 0 Å². The number of rotatable bonds is 2. The van der Waals surface area contributed by atoms with E-state index in [1.807, 2.05) is 25.1 Å². The Morgan fingerprint density at radius 3 is 2.53 bits per heavy atom. The molecular formula is C12H9Br2ClOS. The van der Waals surface area contributed by atoms with Gasteiger partial charge in [-0.15, -0.1) is 11.3 Å². The van der Waals surface area contributed by atoms with Gasteiger partial charge in [0.15, 0.2) is 0 Å². The van der Waals surface area contributed by atoms with E-state index in [-0.39, 0.29) is 0 Å². The van der Waals surface area contributed by atoms with Crippen LogP contribution in [0.3, 0.4) is 0 Å². The number of thiophene rings is 1. The van der Waals surface area contributed by atoms with Gasteiger partial charge in [0, 0.05) is 9.35 Å². The fourth-order valence-electron chi connectivity index (χ4n) is 1.47. The molecule has 2 rings (SSSR count). The van der Waals surface area contributed by atoms with Crippen molar-refractivity contribution < 1.29 is 5.11 Å². The number of hydrogen-bond acceptors (Lipinski definition) is 2. The zero-order valence-electron chi connectivity index (χ0n) is 8.88. The third kappa shape index (κ3) is 2.93. The van der Waals surface area contributed by atoms with E-state index in [0.717, 1.165) is 24.3 Å². The average molecular weight is 397 g/mol. The third-order valence-corrected chi connectivity index (χ3v) is 5.83. The van der Waals surface area contributed by atoms with Gasteiger partial charge in [0.1, 0.15) is 6.10 Å². The molecule has 0 fully saturated rings. The van der Waals surface area contributed by atoms with E-state index < -0.39 is 6.10 Å². The molecule has 2 aromatic rings. The molecule has 1 atom stereocenters. The Morgan fingerprint density at radius 2 is 2.00 bits per heavy atom. The van der Waals surface area contributed by atoms with Gasteiger partial charge in [-0.3, -0.25) is 0 Å². The Labute approximate surface area is 126 Å². The summed E-state index contributed by atoms with van der Waals surface area (Å²) in [6, 6.07) is 7.47. The summed E-state index contributed by atoms with van der Waals surface area (Å²) >= 11 is 14.3. The first kappa shape index (κ1) is 13.6. The second kappa shape index (κ2) is 5.41. The molecule has 0 aliphatic rings. The van der Waals surface area contributed by atoms with Gasteiger partial charge < -0.3 is 5.11 Å². The Morgan fingerprint density at radius 1 is 1.29 bits per heavy atom. The highest BCUT2D eigenvalue weighted by Crippen LogP contribution is 2.35. The van der Waals surface area contributed by atoms with Gasteiger partial charge in [0.25, 0.3) is 0 Å². The summed E-state index contributed by atoms with van der Waals surface area (Å²) in [6.45, 7) is 2.01. The second-order valence-electron chi connectivity index (χ2n) is 3.68. The van der Waals surface area contributed by atoms with E-state index >= 15 is 0 Å². The Balaban J connectivity index is 2.36. The quantitative estimate of drug-likeness (QED) is 0.729. The summed E-state index contributed by atoms with van der Waals surface area (Å²) in [4.78, 5) is 0.910. The number of benzene rings is 1. The van der Waals surface area contributed by atoms with Gasteiger partial charge in [-0.2, -0.15) is 0 Å². The molecule has 5 heteroatoms. The number of halogens is 3. The van der Waals surface area contributed by atoms with Gasteiger partial charge >= 0.3 is 0 Å². The molecule has 0 spiro atoms. The van der Waals surface area contributed by atoms with Crippen LogP contribution >= 0.6 is 54.8 Å². The molecule has 0 radical (unpaired) electrons. The molecule has 17 heavy (non-hydrogen) atoms. The predicted molar refractivity (Wildman–Crippen MR) is 80.0 cm³/mol. The van der Waals surface area contributed by atoms with Crippen LogP contribution in [0.1, 0.15) is 22.1 Å². The third-order valence-electron chi connectivity index (χ3n) is 2.41. The Hall–Kier alpha value is 0.130. The minimum atomic E-state index is -0.629. The first-order valence-corrected chi connectivity index (χ1v) is 7.66. The van der Waals surface area contributed by atoms with E-state index in [0.29, 0.717) is 5.02 Å². The van der Waals surface area contributed by atoms with Gasteiger partial charge in [-0.25, -0.2) is 0 Å². The van der Waals surface area contributed by atoms with Crippen LogP contribution in [0.2, 0.25) is 5.02 Å². The average Bonchev–Trinajstić information content (AvgIpc) is 2.62. The Kier molecular flexibility index (Phi) is 4.31. The smallest absolute Gasteiger partial charge is 0.113 e. The minimum Gasteiger partial charge on any atom is -0.383 e. The molecule has 1 N–H and O–H groups in total. The summed E-state index contributed by atoms with van der Waals surface area (Å²) in [6.07, 6.45) is -0.629. The molecule has 0 aliphatic carbocycles. The highest BCUT2D eigenvalue weighted by Gasteiger charge is 2.15. The van der Waals surface area contributed by atoms with Crippen LogP contribution in [-0.2, 0) is 0 Å². The van der Waals surface area contributed by atoms with Crippen molar-refractivity contribution in [1.29, 1.82) is 0 Å². The van der Waals surface area contributed by atoms with E-state index in [2.05, 4.69) is 31.9 Å². The van der Waals surface area contributed by atoms with Crippen molar-refractivity contribution in [2.45, 2.75) is 13.0 Å². The van der Waals surface area contributed by atoms with Gasteiger partial charge in [0.05, 0.1) is 8.81 Å². The van der Waals surface area contributed by atoms with Crippen LogP contribution in [-0.4, -0.2) is 5.11 Å². The van der Waals surface area contributed by atoms with Crippen molar-refractivity contribution in [3.05, 3.63) is 53.6 Å². The molecule has 1 aromatic carbocycles. The maximum Gasteiger partial charge on any atom is 0.113 e. The first-order valence-electron chi connectivity index (χ1n) is 4.88. The van der Waals surface area contributed by atoms with Gasteiger partial charge in [0.2, 0.25) is 0 Å². The van der Waals surface area contributed by atoms with Crippen molar-refractivity contribution in [3.8, 4) is 0 Å². The zero-order valence-corrected chi connectivity index (χ0v) is 13.6. The predicted octanol–water partition coefficient (Wildman–Crippen LogP) is 5.32. The lowest BCUT2D eigenvalue weighted by Gasteiger charge is -2.09. The fourth-order valence-corrected chi connectivity index (χ4v) is 3.49. The number of aliphatic hydroxyl groups excluding tert-OH is 1. The summed E-state index contributed by atoms with van der Waals surface area (Å²) in [7, 11) is 0. The van der Waals surface area contributed by atoms with Crippen molar-refractivity contribution in [2.75, 3.05) is 0 Å². The lowest BCUT2D eigenvalue weighted by molar-refractivity contribution is 0.224. The SMILES string of the molecule is Cc1cc(C(O)c2ccc(Br)c(Cl)c2)sc1Br. The molecule has 90 valence electrons. The summed E-state index contributed by atoms with van der Waals surface area (Å²) in [5.74, 6) is 0. The van der Waals surface area contributed by atoms with E-state index in [1.165, 1.54) is 11.3 Å². The van der Waals surface area contributed by atoms with Gasteiger partial charge in [-0.1, -0.05) is 17.7 Å². The van der Waals surface area contributed by atoms with Crippen LogP contribution in [0.15, 0.2) is 32.5 Å². The van der Waals surface area contributed by atoms with E-state index in [4.69, 9.17) is 11.6 Å². The standard InChI is InChI=1S/C12H9Br2ClOS/c1-6-4-10(17-12(6)14)11(16)7-2-3-8(13)9(15)5-7/h2-5,11,16H,1H3. The largest absolute Gasteiger partial charge is 0.383 e. The molecule has 0 bridgehead atoms. The molecule has 0 saturated carbocycles. The van der Waals surface area contributed by atoms with Crippen molar-refractivity contribution >= 4 is 54.8 Å². The Bertz CT molecular complexity index is 534. The molecule has 1 unspecified atom stereocenters. The molecule has 1 heterocycles. The molecule has 0 aliphatic heterocycles. The second-order valence-corrected chi connectivity index (χ2v) is 7.34. The summed E-state index contributed by atoms with van der Waals surface area (Å²) in [5.41, 5.74) is 1.93. The minimum absolute atomic E-state index is 0.605. The van der Waals surface area contributed by atoms with Crippen molar-refractivity contribution in [3.63, 3.8) is 0 Å². The topological polar surface area (TPSA) is 20.2 Å². The number of hydrogen-bond donors (Lipinski definition) is 1. The summed E-state index contributed by atoms with van der Waals surface area (Å²) in [5, 5.41) is 10.9. The normalized spacial score (nSPS) is 12.8. The molecule has 0 amide bonds. The summed E-state index contributed by atoms with van der Waals surface area (Å²) < 4.78 is 1.88. The van der Waals surface area contributed by atoms with Crippen LogP contribution in [0.25, 0.3) is 0 Å². The lowest BCUT2D eigenvalue weighted by atomic mass is 10.1. The maximum atomic E-state index is 10.3. The van der Waals surface area contributed by atoms with Crippen LogP contribution in [0, 0.1) is 6.92 Å². The van der Waals surface area contributed by atoms with Crippen molar-refractivity contribution in [1.82, 2.24) is 0 Å². The zero-order chi connectivity index (χ0) is 12.6. The molecular weight excluding hydrogens is 387 g/mol. The number of aliphatic hydroxyl groups is 1. The van der Waals surface area contributed by atoms with Crippen LogP contribution in [0.4, 0.5) is 0 Å². The lowest BCUT2D eigenvalue weighted by Crippen LogP contribution is -1.96. The molecule has 0 saturated heterocycles.